The zero-order valence-corrected chi connectivity index (χ0v) is 7.53. The molecule has 0 radical (unpaired) electrons. The summed E-state index contributed by atoms with van der Waals surface area (Å²) in [6, 6.07) is 0. The quantitative estimate of drug-likeness (QED) is 0.423. The monoisotopic (exact) mass is 144 g/mol. The molecule has 0 saturated heterocycles. The van der Waals surface area contributed by atoms with Crippen molar-refractivity contribution in [3.8, 4) is 0 Å². The summed E-state index contributed by atoms with van der Waals surface area (Å²) in [4.78, 5) is 0. The molecule has 0 aromatic rings. The summed E-state index contributed by atoms with van der Waals surface area (Å²) >= 11 is 5.26. The first-order chi connectivity index (χ1) is 3.41. The van der Waals surface area contributed by atoms with Crippen LogP contribution in [0.1, 0.15) is 29.0 Å². The number of allylic oxidation sites excluding steroid dienone is 1. The zero-order chi connectivity index (χ0) is 5.54. The van der Waals surface area contributed by atoms with Gasteiger partial charge in [0.25, 0.3) is 0 Å². The molecular weight excluding hydrogens is 132 g/mol. The Kier molecular flexibility index (Phi) is 15.5. The molecule has 0 saturated carbocycles. The van der Waals surface area contributed by atoms with Crippen LogP contribution >= 0.6 is 11.6 Å². The molecular formula is C6H13ClMg. The predicted octanol–water partition coefficient (Wildman–Crippen LogP) is 2.77. The Labute approximate surface area is 75.4 Å². The minimum atomic E-state index is 0. The second-order valence-electron chi connectivity index (χ2n) is 1.50. The first-order valence-corrected chi connectivity index (χ1v) is 3.10. The Morgan fingerprint density at radius 3 is 2.62 bits per heavy atom. The van der Waals surface area contributed by atoms with Crippen molar-refractivity contribution < 1.29 is 2.85 Å². The van der Waals surface area contributed by atoms with Crippen LogP contribution in [-0.2, 0) is 0 Å². The van der Waals surface area contributed by atoms with Crippen LogP contribution in [0.15, 0.2) is 11.6 Å². The van der Waals surface area contributed by atoms with Gasteiger partial charge < -0.3 is 2.85 Å². The summed E-state index contributed by atoms with van der Waals surface area (Å²) in [6.07, 6.45) is 5.61. The minimum Gasteiger partial charge on any atom is -1.00 e. The maximum atomic E-state index is 5.26. The largest absolute Gasteiger partial charge is 2.00 e. The average Bonchev–Trinajstić information content (AvgIpc) is 1.69. The molecule has 0 N–H and O–H groups in total. The topological polar surface area (TPSA) is 0 Å². The van der Waals surface area contributed by atoms with E-state index >= 15 is 0 Å². The summed E-state index contributed by atoms with van der Waals surface area (Å²) in [5, 5.41) is 0. The van der Waals surface area contributed by atoms with Gasteiger partial charge in [-0.2, -0.15) is 0 Å². The summed E-state index contributed by atoms with van der Waals surface area (Å²) in [5.41, 5.74) is 1.58. The van der Waals surface area contributed by atoms with Gasteiger partial charge in [-0.1, -0.05) is 37.4 Å². The van der Waals surface area contributed by atoms with Gasteiger partial charge >= 0.3 is 23.1 Å². The van der Waals surface area contributed by atoms with Gasteiger partial charge in [0.2, 0.25) is 0 Å². The van der Waals surface area contributed by atoms with Crippen LogP contribution in [0.5, 0.6) is 0 Å². The number of hydrogen-bond acceptors (Lipinski definition) is 0. The zero-order valence-electron chi connectivity index (χ0n) is 7.36. The molecule has 8 heavy (non-hydrogen) atoms. The molecule has 46 valence electrons. The van der Waals surface area contributed by atoms with Gasteiger partial charge in [0.15, 0.2) is 0 Å². The Morgan fingerprint density at radius 1 is 1.62 bits per heavy atom. The molecule has 0 bridgehead atoms. The Morgan fingerprint density at radius 2 is 2.25 bits per heavy atom. The SMILES string of the molecule is CCCC/C=C/Cl.[H-].[H-].[Mg+2]. The number of hydrogen-bond donors (Lipinski definition) is 0. The molecule has 0 aromatic heterocycles. The third kappa shape index (κ3) is 9.93. The van der Waals surface area contributed by atoms with Crippen molar-refractivity contribution in [2.24, 2.45) is 0 Å². The minimum absolute atomic E-state index is 0. The molecule has 0 atom stereocenters. The van der Waals surface area contributed by atoms with Gasteiger partial charge in [0.1, 0.15) is 0 Å². The van der Waals surface area contributed by atoms with Gasteiger partial charge in [-0.05, 0) is 6.42 Å². The van der Waals surface area contributed by atoms with Crippen molar-refractivity contribution in [3.05, 3.63) is 11.6 Å². The molecule has 2 heteroatoms. The fourth-order valence-electron chi connectivity index (χ4n) is 0.385. The first-order valence-electron chi connectivity index (χ1n) is 2.67. The molecule has 0 heterocycles. The molecule has 0 amide bonds. The number of unbranched alkanes of at least 4 members (excludes halogenated alkanes) is 2. The molecule has 0 aliphatic carbocycles. The number of halogens is 1. The fourth-order valence-corrected chi connectivity index (χ4v) is 0.511. The van der Waals surface area contributed by atoms with Gasteiger partial charge in [0, 0.05) is 5.54 Å². The maximum Gasteiger partial charge on any atom is 2.00 e. The Balaban J connectivity index is -0.0000000600. The van der Waals surface area contributed by atoms with E-state index in [2.05, 4.69) is 6.92 Å². The summed E-state index contributed by atoms with van der Waals surface area (Å²) in [6.45, 7) is 2.17. The van der Waals surface area contributed by atoms with E-state index in [0.29, 0.717) is 0 Å². The molecule has 0 rings (SSSR count). The van der Waals surface area contributed by atoms with Crippen LogP contribution in [0.3, 0.4) is 0 Å². The van der Waals surface area contributed by atoms with Crippen molar-refractivity contribution >= 4 is 34.7 Å². The Bertz CT molecular complexity index is 59.7. The van der Waals surface area contributed by atoms with Crippen molar-refractivity contribution in [1.82, 2.24) is 0 Å². The smallest absolute Gasteiger partial charge is 1.00 e. The van der Waals surface area contributed by atoms with Crippen LogP contribution < -0.4 is 0 Å². The van der Waals surface area contributed by atoms with Gasteiger partial charge in [0.05, 0.1) is 0 Å². The van der Waals surface area contributed by atoms with Gasteiger partial charge in [-0.3, -0.25) is 0 Å². The van der Waals surface area contributed by atoms with Gasteiger partial charge in [-0.15, -0.1) is 0 Å². The van der Waals surface area contributed by atoms with Crippen LogP contribution in [0.4, 0.5) is 0 Å². The van der Waals surface area contributed by atoms with Crippen molar-refractivity contribution in [2.45, 2.75) is 26.2 Å². The molecule has 0 unspecified atom stereocenters. The van der Waals surface area contributed by atoms with E-state index < -0.39 is 0 Å². The molecule has 0 aromatic carbocycles. The van der Waals surface area contributed by atoms with Gasteiger partial charge in [-0.25, -0.2) is 0 Å². The van der Waals surface area contributed by atoms with E-state index in [9.17, 15) is 0 Å². The molecule has 0 spiro atoms. The van der Waals surface area contributed by atoms with E-state index in [4.69, 9.17) is 11.6 Å². The van der Waals surface area contributed by atoms with E-state index in [0.717, 1.165) is 6.42 Å². The third-order valence-corrected chi connectivity index (χ3v) is 0.992. The molecule has 0 aliphatic rings. The average molecular weight is 145 g/mol. The maximum absolute atomic E-state index is 5.26. The van der Waals surface area contributed by atoms with Crippen molar-refractivity contribution in [1.29, 1.82) is 0 Å². The Hall–Kier alpha value is 0.796. The normalized spacial score (nSPS) is 9.25. The van der Waals surface area contributed by atoms with E-state index in [-0.39, 0.29) is 25.9 Å². The van der Waals surface area contributed by atoms with Crippen molar-refractivity contribution in [3.63, 3.8) is 0 Å². The molecule has 0 nitrogen and oxygen atoms in total. The van der Waals surface area contributed by atoms with E-state index in [1.165, 1.54) is 12.8 Å². The summed E-state index contributed by atoms with van der Waals surface area (Å²) < 4.78 is 0. The van der Waals surface area contributed by atoms with Crippen LogP contribution in [0.25, 0.3) is 0 Å². The second-order valence-corrected chi connectivity index (χ2v) is 1.76. The predicted molar refractivity (Wildman–Crippen MR) is 42.5 cm³/mol. The van der Waals surface area contributed by atoms with E-state index in [1.54, 1.807) is 5.54 Å². The van der Waals surface area contributed by atoms with Crippen LogP contribution in [0, 0.1) is 0 Å². The molecule has 0 aliphatic heterocycles. The van der Waals surface area contributed by atoms with E-state index in [1.807, 2.05) is 6.08 Å². The first kappa shape index (κ1) is 11.6. The molecule has 0 fully saturated rings. The second kappa shape index (κ2) is 10.7. The van der Waals surface area contributed by atoms with Crippen molar-refractivity contribution in [2.75, 3.05) is 0 Å². The fraction of sp³-hybridized carbons (Fsp3) is 0.667. The van der Waals surface area contributed by atoms with Crippen LogP contribution in [-0.4, -0.2) is 23.1 Å². The standard InChI is InChI=1S/C6H11Cl.Mg.2H/c1-2-3-4-5-6-7;;;/h5-6H,2-4H2,1H3;;;/q;+2;2*-1/b6-5+;;;. The number of rotatable bonds is 3. The van der Waals surface area contributed by atoms with Crippen LogP contribution in [0.2, 0.25) is 0 Å². The summed E-state index contributed by atoms with van der Waals surface area (Å²) in [5.74, 6) is 0. The third-order valence-electron chi connectivity index (χ3n) is 0.813. The summed E-state index contributed by atoms with van der Waals surface area (Å²) in [7, 11) is 0.